The number of ketones is 1. The normalized spacial score (nSPS) is 20.6. The molecule has 2 aromatic rings. The second-order valence-corrected chi connectivity index (χ2v) is 6.72. The molecule has 0 spiro atoms. The van der Waals surface area contributed by atoms with E-state index >= 15 is 0 Å². The van der Waals surface area contributed by atoms with E-state index in [9.17, 15) is 9.90 Å². The summed E-state index contributed by atoms with van der Waals surface area (Å²) >= 11 is 0. The Hall–Kier alpha value is -2.99. The first-order valence-electron chi connectivity index (χ1n) is 8.53. The third-order valence-corrected chi connectivity index (χ3v) is 5.25. The Kier molecular flexibility index (Phi) is 3.89. The van der Waals surface area contributed by atoms with Crippen LogP contribution in [0.4, 0.5) is 0 Å². The summed E-state index contributed by atoms with van der Waals surface area (Å²) in [6, 6.07) is 8.95. The minimum Gasteiger partial charge on any atom is -0.493 e. The zero-order valence-corrected chi connectivity index (χ0v) is 15.6. The monoisotopic (exact) mass is 368 g/mol. The molecule has 1 aliphatic carbocycles. The molecule has 2 aromatic carbocycles. The predicted molar refractivity (Wildman–Crippen MR) is 98.8 cm³/mol. The molecule has 0 saturated heterocycles. The number of hydrogen-bond donors (Lipinski definition) is 1. The third kappa shape index (κ3) is 2.48. The zero-order chi connectivity index (χ0) is 19.3. The highest BCUT2D eigenvalue weighted by Gasteiger charge is 2.42. The van der Waals surface area contributed by atoms with Crippen molar-refractivity contribution in [1.82, 2.24) is 0 Å². The van der Waals surface area contributed by atoms with Crippen LogP contribution >= 0.6 is 0 Å². The third-order valence-electron chi connectivity index (χ3n) is 5.25. The van der Waals surface area contributed by atoms with Crippen LogP contribution in [0.3, 0.4) is 0 Å². The highest BCUT2D eigenvalue weighted by atomic mass is 16.7. The van der Waals surface area contributed by atoms with Crippen LogP contribution in [-0.4, -0.2) is 37.5 Å². The van der Waals surface area contributed by atoms with Crippen molar-refractivity contribution in [3.05, 3.63) is 52.6 Å². The van der Waals surface area contributed by atoms with Gasteiger partial charge in [-0.25, -0.2) is 0 Å². The van der Waals surface area contributed by atoms with E-state index in [-0.39, 0.29) is 12.6 Å². The lowest BCUT2D eigenvalue weighted by molar-refractivity contribution is 0.0548. The van der Waals surface area contributed by atoms with Crippen molar-refractivity contribution in [2.24, 2.45) is 0 Å². The van der Waals surface area contributed by atoms with E-state index in [4.69, 9.17) is 18.9 Å². The standard InChI is InChI=1S/C21H20O6/c1-11-19(12-5-6-15-18(7-12)27-10-26-15)13-8-16(24-3)17(25-4)9-14(13)20(22)21(11,2)23/h5-9,23H,10H2,1-4H3/t21-/m0/s1. The quantitative estimate of drug-likeness (QED) is 0.897. The number of rotatable bonds is 3. The number of methoxy groups -OCH3 is 2. The Bertz CT molecular complexity index is 986. The molecule has 0 bridgehead atoms. The molecule has 0 aromatic heterocycles. The number of fused-ring (bicyclic) bond motifs is 2. The summed E-state index contributed by atoms with van der Waals surface area (Å²) in [6.07, 6.45) is 0. The van der Waals surface area contributed by atoms with Gasteiger partial charge in [0.15, 0.2) is 28.8 Å². The van der Waals surface area contributed by atoms with Crippen LogP contribution in [0.5, 0.6) is 23.0 Å². The summed E-state index contributed by atoms with van der Waals surface area (Å²) in [5, 5.41) is 10.9. The molecule has 6 heteroatoms. The summed E-state index contributed by atoms with van der Waals surface area (Å²) < 4.78 is 21.6. The summed E-state index contributed by atoms with van der Waals surface area (Å²) in [4.78, 5) is 13.0. The number of Topliss-reactive ketones (excluding diaryl/α,β-unsaturated/α-hetero) is 1. The molecule has 1 aliphatic heterocycles. The first-order chi connectivity index (χ1) is 12.9. The predicted octanol–water partition coefficient (Wildman–Crippen LogP) is 3.20. The van der Waals surface area contributed by atoms with Gasteiger partial charge in [-0.3, -0.25) is 4.79 Å². The Balaban J connectivity index is 2.00. The van der Waals surface area contributed by atoms with Crippen LogP contribution in [0, 0.1) is 0 Å². The summed E-state index contributed by atoms with van der Waals surface area (Å²) in [7, 11) is 3.05. The molecule has 1 heterocycles. The molecule has 2 aliphatic rings. The number of carbonyl (C=O) groups excluding carboxylic acids is 1. The fourth-order valence-corrected chi connectivity index (χ4v) is 3.58. The fraction of sp³-hybridized carbons (Fsp3) is 0.286. The molecule has 4 rings (SSSR count). The van der Waals surface area contributed by atoms with Crippen molar-refractivity contribution in [2.45, 2.75) is 19.4 Å². The number of carbonyl (C=O) groups is 1. The maximum atomic E-state index is 13.0. The molecule has 1 atom stereocenters. The Morgan fingerprint density at radius 2 is 1.63 bits per heavy atom. The van der Waals surface area contributed by atoms with Crippen molar-refractivity contribution < 1.29 is 28.8 Å². The fourth-order valence-electron chi connectivity index (χ4n) is 3.58. The van der Waals surface area contributed by atoms with Crippen LogP contribution in [0.1, 0.15) is 35.3 Å². The Morgan fingerprint density at radius 3 is 2.30 bits per heavy atom. The number of ether oxygens (including phenoxy) is 4. The van der Waals surface area contributed by atoms with E-state index < -0.39 is 5.60 Å². The maximum absolute atomic E-state index is 13.0. The molecular formula is C21H20O6. The zero-order valence-electron chi connectivity index (χ0n) is 15.6. The lowest BCUT2D eigenvalue weighted by Crippen LogP contribution is -2.40. The lowest BCUT2D eigenvalue weighted by atomic mass is 9.74. The highest BCUT2D eigenvalue weighted by molar-refractivity contribution is 6.13. The molecule has 140 valence electrons. The minimum absolute atomic E-state index is 0.175. The van der Waals surface area contributed by atoms with E-state index in [1.165, 1.54) is 14.0 Å². The maximum Gasteiger partial charge on any atom is 0.231 e. The van der Waals surface area contributed by atoms with Crippen molar-refractivity contribution in [2.75, 3.05) is 21.0 Å². The number of hydrogen-bond acceptors (Lipinski definition) is 6. The van der Waals surface area contributed by atoms with E-state index in [1.54, 1.807) is 26.2 Å². The molecule has 0 radical (unpaired) electrons. The van der Waals surface area contributed by atoms with Gasteiger partial charge >= 0.3 is 0 Å². The smallest absolute Gasteiger partial charge is 0.231 e. The van der Waals surface area contributed by atoms with Crippen LogP contribution in [-0.2, 0) is 0 Å². The van der Waals surface area contributed by atoms with Crippen LogP contribution in [0.15, 0.2) is 35.9 Å². The van der Waals surface area contributed by atoms with Gasteiger partial charge in [-0.2, -0.15) is 0 Å². The van der Waals surface area contributed by atoms with Crippen molar-refractivity contribution >= 4 is 11.4 Å². The van der Waals surface area contributed by atoms with Crippen molar-refractivity contribution in [3.63, 3.8) is 0 Å². The Labute approximate surface area is 156 Å². The van der Waals surface area contributed by atoms with Gasteiger partial charge < -0.3 is 24.1 Å². The average Bonchev–Trinajstić information content (AvgIpc) is 3.14. The first kappa shape index (κ1) is 17.4. The van der Waals surface area contributed by atoms with Crippen molar-refractivity contribution in [1.29, 1.82) is 0 Å². The summed E-state index contributed by atoms with van der Waals surface area (Å²) in [6.45, 7) is 3.45. The highest BCUT2D eigenvalue weighted by Crippen LogP contribution is 2.46. The molecule has 0 unspecified atom stereocenters. The van der Waals surface area contributed by atoms with Gasteiger partial charge in [0.2, 0.25) is 6.79 Å². The van der Waals surface area contributed by atoms with Gasteiger partial charge in [-0.15, -0.1) is 0 Å². The van der Waals surface area contributed by atoms with Crippen molar-refractivity contribution in [3.8, 4) is 23.0 Å². The average molecular weight is 368 g/mol. The summed E-state index contributed by atoms with van der Waals surface area (Å²) in [5.41, 5.74) is 1.58. The van der Waals surface area contributed by atoms with E-state index in [0.717, 1.165) is 11.1 Å². The molecule has 1 N–H and O–H groups in total. The van der Waals surface area contributed by atoms with E-state index in [0.29, 0.717) is 39.7 Å². The van der Waals surface area contributed by atoms with Gasteiger partial charge in [0.1, 0.15) is 5.60 Å². The minimum atomic E-state index is -1.63. The Morgan fingerprint density at radius 1 is 1.00 bits per heavy atom. The second kappa shape index (κ2) is 6.03. The number of aliphatic hydroxyl groups is 1. The van der Waals surface area contributed by atoms with E-state index in [2.05, 4.69) is 0 Å². The van der Waals surface area contributed by atoms with Crippen LogP contribution in [0.2, 0.25) is 0 Å². The van der Waals surface area contributed by atoms with E-state index in [1.807, 2.05) is 18.2 Å². The van der Waals surface area contributed by atoms with Gasteiger partial charge in [0.25, 0.3) is 0 Å². The van der Waals surface area contributed by atoms with Crippen LogP contribution < -0.4 is 18.9 Å². The van der Waals surface area contributed by atoms with Gasteiger partial charge in [0.05, 0.1) is 14.2 Å². The second-order valence-electron chi connectivity index (χ2n) is 6.72. The lowest BCUT2D eigenvalue weighted by Gasteiger charge is -2.33. The molecule has 0 saturated carbocycles. The molecular weight excluding hydrogens is 348 g/mol. The largest absolute Gasteiger partial charge is 0.493 e. The summed E-state index contributed by atoms with van der Waals surface area (Å²) in [5.74, 6) is 1.87. The van der Waals surface area contributed by atoms with Gasteiger partial charge in [0, 0.05) is 5.56 Å². The van der Waals surface area contributed by atoms with Gasteiger partial charge in [-0.05, 0) is 60.4 Å². The SMILES string of the molecule is COc1cc2c(cc1OC)C(c1ccc3c(c1)OCO3)=C(C)[C@](C)(O)C2=O. The molecule has 0 amide bonds. The topological polar surface area (TPSA) is 74.2 Å². The van der Waals surface area contributed by atoms with Gasteiger partial charge in [-0.1, -0.05) is 6.07 Å². The number of benzene rings is 2. The molecule has 6 nitrogen and oxygen atoms in total. The molecule has 27 heavy (non-hydrogen) atoms. The first-order valence-corrected chi connectivity index (χ1v) is 8.53. The molecule has 0 fully saturated rings. The van der Waals surface area contributed by atoms with Crippen LogP contribution in [0.25, 0.3) is 5.57 Å².